The van der Waals surface area contributed by atoms with Gasteiger partial charge in [-0.3, -0.25) is 9.78 Å². The zero-order valence-electron chi connectivity index (χ0n) is 15.0. The van der Waals surface area contributed by atoms with Crippen molar-refractivity contribution < 1.29 is 9.18 Å². The third-order valence-electron chi connectivity index (χ3n) is 4.10. The van der Waals surface area contributed by atoms with Gasteiger partial charge in [0, 0.05) is 26.0 Å². The highest BCUT2D eigenvalue weighted by Crippen LogP contribution is 2.12. The third kappa shape index (κ3) is 5.31. The fourth-order valence-electron chi connectivity index (χ4n) is 2.56. The summed E-state index contributed by atoms with van der Waals surface area (Å²) in [5.74, 6) is 0.303. The molecule has 1 aromatic carbocycles. The van der Waals surface area contributed by atoms with E-state index in [4.69, 9.17) is 0 Å². The van der Waals surface area contributed by atoms with Crippen LogP contribution in [0.5, 0.6) is 0 Å². The fraction of sp³-hybridized carbons (Fsp3) is 0.200. The number of likely N-dealkylation sites (N-methyl/N-ethyl adjacent to an activating group) is 1. The van der Waals surface area contributed by atoms with Crippen molar-refractivity contribution in [3.63, 3.8) is 0 Å². The number of carbonyl (C=O) groups is 1. The Morgan fingerprint density at radius 2 is 1.85 bits per heavy atom. The molecule has 1 N–H and O–H groups in total. The number of benzene rings is 1. The van der Waals surface area contributed by atoms with Crippen LogP contribution in [0.15, 0.2) is 60.9 Å². The van der Waals surface area contributed by atoms with Gasteiger partial charge >= 0.3 is 0 Å². The van der Waals surface area contributed by atoms with Crippen molar-refractivity contribution in [3.05, 3.63) is 77.9 Å². The van der Waals surface area contributed by atoms with E-state index in [9.17, 15) is 9.18 Å². The molecule has 0 fully saturated rings. The van der Waals surface area contributed by atoms with Crippen LogP contribution in [0.2, 0.25) is 0 Å². The maximum Gasteiger partial charge on any atom is 0.230 e. The van der Waals surface area contributed by atoms with E-state index in [0.29, 0.717) is 17.2 Å². The summed E-state index contributed by atoms with van der Waals surface area (Å²) >= 11 is 0. The molecule has 0 unspecified atom stereocenters. The van der Waals surface area contributed by atoms with Gasteiger partial charge in [0.15, 0.2) is 11.6 Å². The van der Waals surface area contributed by atoms with E-state index in [-0.39, 0.29) is 12.3 Å². The van der Waals surface area contributed by atoms with E-state index in [1.807, 2.05) is 24.1 Å². The minimum atomic E-state index is -0.398. The summed E-state index contributed by atoms with van der Waals surface area (Å²) in [6.45, 7) is 0.775. The Kier molecular flexibility index (Phi) is 6.04. The molecule has 0 aliphatic heterocycles. The fourth-order valence-corrected chi connectivity index (χ4v) is 2.56. The van der Waals surface area contributed by atoms with Gasteiger partial charge in [0.05, 0.1) is 6.42 Å². The van der Waals surface area contributed by atoms with Crippen LogP contribution in [-0.2, 0) is 17.6 Å². The van der Waals surface area contributed by atoms with Gasteiger partial charge in [-0.25, -0.2) is 4.39 Å². The van der Waals surface area contributed by atoms with Gasteiger partial charge in [0.25, 0.3) is 0 Å². The summed E-state index contributed by atoms with van der Waals surface area (Å²) in [5, 5.41) is 10.8. The largest absolute Gasteiger partial charge is 0.358 e. The van der Waals surface area contributed by atoms with Gasteiger partial charge in [0.2, 0.25) is 5.91 Å². The number of amides is 1. The molecule has 0 saturated heterocycles. The Balaban J connectivity index is 1.53. The third-order valence-corrected chi connectivity index (χ3v) is 4.10. The molecule has 1 amide bonds. The van der Waals surface area contributed by atoms with E-state index in [1.54, 1.807) is 42.7 Å². The van der Waals surface area contributed by atoms with Crippen LogP contribution in [0, 0.1) is 5.82 Å². The predicted molar refractivity (Wildman–Crippen MR) is 102 cm³/mol. The van der Waals surface area contributed by atoms with Crippen molar-refractivity contribution in [2.45, 2.75) is 12.8 Å². The van der Waals surface area contributed by atoms with Crippen molar-refractivity contribution >= 4 is 17.5 Å². The zero-order chi connectivity index (χ0) is 19.1. The molecule has 0 aliphatic carbocycles. The first-order valence-corrected chi connectivity index (χ1v) is 8.59. The van der Waals surface area contributed by atoms with Gasteiger partial charge in [-0.2, -0.15) is 0 Å². The number of rotatable bonds is 7. The smallest absolute Gasteiger partial charge is 0.230 e. The minimum Gasteiger partial charge on any atom is -0.358 e. The molecular weight excluding hydrogens is 345 g/mol. The average Bonchev–Trinajstić information content (AvgIpc) is 2.69. The molecule has 0 bridgehead atoms. The average molecular weight is 365 g/mol. The Morgan fingerprint density at radius 1 is 1.07 bits per heavy atom. The summed E-state index contributed by atoms with van der Waals surface area (Å²) in [7, 11) is 1.93. The zero-order valence-corrected chi connectivity index (χ0v) is 15.0. The van der Waals surface area contributed by atoms with Crippen molar-refractivity contribution in [2.75, 3.05) is 23.8 Å². The minimum absolute atomic E-state index is 0.0536. The molecule has 2 heterocycles. The molecule has 138 valence electrons. The van der Waals surface area contributed by atoms with Crippen molar-refractivity contribution in [1.82, 2.24) is 15.2 Å². The Bertz CT molecular complexity index is 886. The van der Waals surface area contributed by atoms with E-state index >= 15 is 0 Å². The van der Waals surface area contributed by atoms with Crippen LogP contribution >= 0.6 is 0 Å². The molecule has 7 heteroatoms. The van der Waals surface area contributed by atoms with E-state index in [2.05, 4.69) is 20.5 Å². The van der Waals surface area contributed by atoms with Crippen LogP contribution in [0.4, 0.5) is 16.0 Å². The highest BCUT2D eigenvalue weighted by atomic mass is 19.1. The van der Waals surface area contributed by atoms with Gasteiger partial charge < -0.3 is 10.2 Å². The lowest BCUT2D eigenvalue weighted by Gasteiger charge is -2.17. The predicted octanol–water partition coefficient (Wildman–Crippen LogP) is 2.87. The molecule has 0 radical (unpaired) electrons. The highest BCUT2D eigenvalue weighted by Gasteiger charge is 2.10. The lowest BCUT2D eigenvalue weighted by atomic mass is 10.1. The van der Waals surface area contributed by atoms with Crippen molar-refractivity contribution in [1.29, 1.82) is 0 Å². The number of aromatic nitrogens is 3. The SMILES string of the molecule is CN(CCc1ccncc1)c1ccc(NC(=O)Cc2ccccc2F)nn1. The van der Waals surface area contributed by atoms with Gasteiger partial charge in [-0.15, -0.1) is 10.2 Å². The lowest BCUT2D eigenvalue weighted by molar-refractivity contribution is -0.115. The number of pyridine rings is 1. The number of anilines is 2. The number of hydrogen-bond donors (Lipinski definition) is 1. The number of halogens is 1. The topological polar surface area (TPSA) is 71.0 Å². The maximum atomic E-state index is 13.6. The van der Waals surface area contributed by atoms with E-state index in [1.165, 1.54) is 11.6 Å². The number of carbonyl (C=O) groups excluding carboxylic acids is 1. The highest BCUT2D eigenvalue weighted by molar-refractivity contribution is 5.91. The number of hydrogen-bond acceptors (Lipinski definition) is 5. The molecular formula is C20H20FN5O. The lowest BCUT2D eigenvalue weighted by Crippen LogP contribution is -2.22. The second-order valence-corrected chi connectivity index (χ2v) is 6.12. The summed E-state index contributed by atoms with van der Waals surface area (Å²) in [6.07, 6.45) is 4.35. The van der Waals surface area contributed by atoms with Crippen molar-refractivity contribution in [2.24, 2.45) is 0 Å². The quantitative estimate of drug-likeness (QED) is 0.697. The first kappa shape index (κ1) is 18.4. The normalized spacial score (nSPS) is 10.4. The first-order valence-electron chi connectivity index (χ1n) is 8.59. The van der Waals surface area contributed by atoms with Gasteiger partial charge in [0.1, 0.15) is 5.82 Å². The van der Waals surface area contributed by atoms with Crippen LogP contribution < -0.4 is 10.2 Å². The maximum absolute atomic E-state index is 13.6. The van der Waals surface area contributed by atoms with Crippen LogP contribution in [0.25, 0.3) is 0 Å². The summed E-state index contributed by atoms with van der Waals surface area (Å²) in [6, 6.07) is 13.6. The second kappa shape index (κ2) is 8.84. The molecule has 0 atom stereocenters. The molecule has 3 rings (SSSR count). The van der Waals surface area contributed by atoms with Crippen LogP contribution in [0.1, 0.15) is 11.1 Å². The summed E-state index contributed by atoms with van der Waals surface area (Å²) < 4.78 is 13.6. The van der Waals surface area contributed by atoms with E-state index < -0.39 is 5.82 Å². The van der Waals surface area contributed by atoms with Gasteiger partial charge in [-0.1, -0.05) is 18.2 Å². The molecule has 27 heavy (non-hydrogen) atoms. The first-order chi connectivity index (χ1) is 13.1. The summed E-state index contributed by atoms with van der Waals surface area (Å²) in [5.41, 5.74) is 1.54. The van der Waals surface area contributed by atoms with Gasteiger partial charge in [-0.05, 0) is 47.9 Å². The monoisotopic (exact) mass is 365 g/mol. The Morgan fingerprint density at radius 3 is 2.56 bits per heavy atom. The Labute approximate surface area is 157 Å². The van der Waals surface area contributed by atoms with Crippen LogP contribution in [-0.4, -0.2) is 34.7 Å². The molecule has 0 aliphatic rings. The molecule has 2 aromatic heterocycles. The second-order valence-electron chi connectivity index (χ2n) is 6.12. The molecule has 3 aromatic rings. The summed E-state index contributed by atoms with van der Waals surface area (Å²) in [4.78, 5) is 18.0. The number of nitrogens with zero attached hydrogens (tertiary/aromatic N) is 4. The molecule has 0 saturated carbocycles. The molecule has 6 nitrogen and oxygen atoms in total. The standard InChI is InChI=1S/C20H20FN5O/c1-26(13-10-15-8-11-22-12-9-15)19-7-6-18(24-25-19)23-20(27)14-16-4-2-3-5-17(16)21/h2-9,11-12H,10,13-14H2,1H3,(H,23,24,27). The van der Waals surface area contributed by atoms with Crippen LogP contribution in [0.3, 0.4) is 0 Å². The van der Waals surface area contributed by atoms with E-state index in [0.717, 1.165) is 13.0 Å². The number of nitrogens with one attached hydrogen (secondary N) is 1. The Hall–Kier alpha value is -3.35. The van der Waals surface area contributed by atoms with Crippen molar-refractivity contribution in [3.8, 4) is 0 Å². The molecule has 0 spiro atoms.